The number of ether oxygens (including phenoxy) is 1. The van der Waals surface area contributed by atoms with E-state index in [1.807, 2.05) is 26.8 Å². The highest BCUT2D eigenvalue weighted by atomic mass is 19.1. The molecule has 0 saturated heterocycles. The number of aliphatic imine (C=N–C) groups is 1. The lowest BCUT2D eigenvalue weighted by Crippen LogP contribution is -2.39. The Kier molecular flexibility index (Phi) is 7.75. The maximum Gasteiger partial charge on any atom is 0.191 e. The Morgan fingerprint density at radius 1 is 1.38 bits per heavy atom. The van der Waals surface area contributed by atoms with Crippen molar-refractivity contribution in [3.05, 3.63) is 35.1 Å². The number of hydrogen-bond acceptors (Lipinski definition) is 2. The lowest BCUT2D eigenvalue weighted by molar-refractivity contribution is 0.155. The normalized spacial score (nSPS) is 13.1. The van der Waals surface area contributed by atoms with Crippen molar-refractivity contribution < 1.29 is 9.13 Å². The standard InChI is InChI=1S/C16H26FN3O/c1-5-18-16(19-9-10-21-6-2)20-13(4)14-8-7-12(3)15(17)11-14/h7-8,11,13H,5-6,9-10H2,1-4H3,(H2,18,19,20). The molecule has 21 heavy (non-hydrogen) atoms. The maximum absolute atomic E-state index is 13.6. The van der Waals surface area contributed by atoms with E-state index in [-0.39, 0.29) is 11.9 Å². The van der Waals surface area contributed by atoms with Crippen LogP contribution in [0.15, 0.2) is 23.2 Å². The molecular formula is C16H26FN3O. The van der Waals surface area contributed by atoms with Crippen molar-refractivity contribution >= 4 is 5.96 Å². The maximum atomic E-state index is 13.6. The van der Waals surface area contributed by atoms with Gasteiger partial charge in [0.1, 0.15) is 5.82 Å². The van der Waals surface area contributed by atoms with Gasteiger partial charge in [-0.1, -0.05) is 12.1 Å². The first-order valence-corrected chi connectivity index (χ1v) is 7.47. The van der Waals surface area contributed by atoms with Crippen molar-refractivity contribution in [1.82, 2.24) is 10.6 Å². The highest BCUT2D eigenvalue weighted by molar-refractivity contribution is 5.80. The molecule has 0 aliphatic carbocycles. The van der Waals surface area contributed by atoms with Crippen LogP contribution in [0.4, 0.5) is 4.39 Å². The molecule has 4 nitrogen and oxygen atoms in total. The number of benzene rings is 1. The molecule has 1 aromatic carbocycles. The van der Waals surface area contributed by atoms with E-state index in [2.05, 4.69) is 15.6 Å². The Bertz CT molecular complexity index is 463. The average molecular weight is 295 g/mol. The number of halogens is 1. The minimum absolute atomic E-state index is 0.0232. The summed E-state index contributed by atoms with van der Waals surface area (Å²) in [5.74, 6) is 0.533. The van der Waals surface area contributed by atoms with Gasteiger partial charge in [0, 0.05) is 13.2 Å². The molecule has 0 aliphatic heterocycles. The van der Waals surface area contributed by atoms with E-state index in [4.69, 9.17) is 4.74 Å². The van der Waals surface area contributed by atoms with Crippen LogP contribution in [0, 0.1) is 12.7 Å². The first-order valence-electron chi connectivity index (χ1n) is 7.47. The Morgan fingerprint density at radius 3 is 2.76 bits per heavy atom. The van der Waals surface area contributed by atoms with Crippen LogP contribution in [-0.2, 0) is 4.74 Å². The molecule has 118 valence electrons. The molecule has 2 N–H and O–H groups in total. The fraction of sp³-hybridized carbons (Fsp3) is 0.562. The largest absolute Gasteiger partial charge is 0.380 e. The summed E-state index contributed by atoms with van der Waals surface area (Å²) in [6, 6.07) is 5.27. The first kappa shape index (κ1) is 17.4. The van der Waals surface area contributed by atoms with Crippen molar-refractivity contribution in [3.8, 4) is 0 Å². The Balaban J connectivity index is 2.66. The molecule has 0 bridgehead atoms. The second-order valence-electron chi connectivity index (χ2n) is 4.83. The van der Waals surface area contributed by atoms with Crippen molar-refractivity contribution in [1.29, 1.82) is 0 Å². The van der Waals surface area contributed by atoms with Gasteiger partial charge in [-0.15, -0.1) is 0 Å². The van der Waals surface area contributed by atoms with Crippen LogP contribution < -0.4 is 10.6 Å². The second kappa shape index (κ2) is 9.34. The summed E-state index contributed by atoms with van der Waals surface area (Å²) in [4.78, 5) is 4.43. The zero-order chi connectivity index (χ0) is 15.7. The van der Waals surface area contributed by atoms with Gasteiger partial charge >= 0.3 is 0 Å². The second-order valence-corrected chi connectivity index (χ2v) is 4.83. The van der Waals surface area contributed by atoms with Crippen molar-refractivity contribution in [2.75, 3.05) is 26.3 Å². The van der Waals surface area contributed by atoms with Crippen LogP contribution in [0.1, 0.15) is 37.9 Å². The summed E-state index contributed by atoms with van der Waals surface area (Å²) >= 11 is 0. The van der Waals surface area contributed by atoms with Crippen molar-refractivity contribution in [3.63, 3.8) is 0 Å². The predicted molar refractivity (Wildman–Crippen MR) is 85.2 cm³/mol. The minimum Gasteiger partial charge on any atom is -0.380 e. The van der Waals surface area contributed by atoms with Crippen molar-refractivity contribution in [2.24, 2.45) is 4.99 Å². The molecule has 0 saturated carbocycles. The van der Waals surface area contributed by atoms with Gasteiger partial charge in [-0.3, -0.25) is 4.99 Å². The lowest BCUT2D eigenvalue weighted by Gasteiger charge is -2.18. The molecule has 0 aromatic heterocycles. The summed E-state index contributed by atoms with van der Waals surface area (Å²) in [7, 11) is 0. The third-order valence-corrected chi connectivity index (χ3v) is 3.10. The molecule has 1 unspecified atom stereocenters. The number of guanidine groups is 1. The smallest absolute Gasteiger partial charge is 0.191 e. The van der Waals surface area contributed by atoms with E-state index >= 15 is 0 Å². The Morgan fingerprint density at radius 2 is 2.14 bits per heavy atom. The minimum atomic E-state index is -0.181. The van der Waals surface area contributed by atoms with Crippen LogP contribution in [0.2, 0.25) is 0 Å². The number of nitrogens with zero attached hydrogens (tertiary/aromatic N) is 1. The first-order chi connectivity index (χ1) is 10.1. The molecule has 0 aliphatic rings. The van der Waals surface area contributed by atoms with E-state index in [1.54, 1.807) is 19.1 Å². The molecule has 0 radical (unpaired) electrons. The molecular weight excluding hydrogens is 269 g/mol. The van der Waals surface area contributed by atoms with Crippen LogP contribution in [0.5, 0.6) is 0 Å². The monoisotopic (exact) mass is 295 g/mol. The van der Waals surface area contributed by atoms with Crippen LogP contribution in [0.25, 0.3) is 0 Å². The van der Waals surface area contributed by atoms with E-state index < -0.39 is 0 Å². The molecule has 5 heteroatoms. The van der Waals surface area contributed by atoms with Gasteiger partial charge < -0.3 is 15.4 Å². The van der Waals surface area contributed by atoms with E-state index in [9.17, 15) is 4.39 Å². The summed E-state index contributed by atoms with van der Waals surface area (Å²) in [5, 5.41) is 6.45. The Hall–Kier alpha value is -1.62. The summed E-state index contributed by atoms with van der Waals surface area (Å²) < 4.78 is 18.9. The van der Waals surface area contributed by atoms with Gasteiger partial charge in [0.25, 0.3) is 0 Å². The number of aryl methyl sites for hydroxylation is 1. The fourth-order valence-electron chi connectivity index (χ4n) is 1.85. The van der Waals surface area contributed by atoms with Crippen LogP contribution >= 0.6 is 0 Å². The number of rotatable bonds is 7. The molecule has 1 rings (SSSR count). The fourth-order valence-corrected chi connectivity index (χ4v) is 1.85. The van der Waals surface area contributed by atoms with Crippen LogP contribution in [-0.4, -0.2) is 32.3 Å². The van der Waals surface area contributed by atoms with Gasteiger partial charge in [-0.05, 0) is 44.9 Å². The number of hydrogen-bond donors (Lipinski definition) is 2. The van der Waals surface area contributed by atoms with Crippen LogP contribution in [0.3, 0.4) is 0 Å². The third-order valence-electron chi connectivity index (χ3n) is 3.10. The highest BCUT2D eigenvalue weighted by Gasteiger charge is 2.09. The van der Waals surface area contributed by atoms with E-state index in [0.717, 1.165) is 12.1 Å². The zero-order valence-corrected chi connectivity index (χ0v) is 13.4. The molecule has 1 atom stereocenters. The highest BCUT2D eigenvalue weighted by Crippen LogP contribution is 2.16. The average Bonchev–Trinajstić information content (AvgIpc) is 2.46. The SMILES string of the molecule is CCNC(=NCCOCC)NC(C)c1ccc(C)c(F)c1. The number of nitrogens with one attached hydrogen (secondary N) is 2. The van der Waals surface area contributed by atoms with Gasteiger partial charge in [0.05, 0.1) is 19.2 Å². The zero-order valence-electron chi connectivity index (χ0n) is 13.4. The third kappa shape index (κ3) is 6.12. The van der Waals surface area contributed by atoms with Gasteiger partial charge in [0.15, 0.2) is 5.96 Å². The van der Waals surface area contributed by atoms with Gasteiger partial charge in [-0.25, -0.2) is 4.39 Å². The van der Waals surface area contributed by atoms with Crippen molar-refractivity contribution in [2.45, 2.75) is 33.7 Å². The topological polar surface area (TPSA) is 45.7 Å². The summed E-state index contributed by atoms with van der Waals surface area (Å²) in [6.45, 7) is 10.4. The molecule has 1 aromatic rings. The molecule has 0 spiro atoms. The summed E-state index contributed by atoms with van der Waals surface area (Å²) in [5.41, 5.74) is 1.55. The lowest BCUT2D eigenvalue weighted by atomic mass is 10.1. The summed E-state index contributed by atoms with van der Waals surface area (Å²) in [6.07, 6.45) is 0. The quantitative estimate of drug-likeness (QED) is 0.462. The van der Waals surface area contributed by atoms with E-state index in [0.29, 0.717) is 31.3 Å². The van der Waals surface area contributed by atoms with E-state index in [1.165, 1.54) is 0 Å². The van der Waals surface area contributed by atoms with Gasteiger partial charge in [0.2, 0.25) is 0 Å². The Labute approximate surface area is 126 Å². The van der Waals surface area contributed by atoms with Gasteiger partial charge in [-0.2, -0.15) is 0 Å². The molecule has 0 amide bonds. The molecule has 0 heterocycles. The molecule has 0 fully saturated rings. The predicted octanol–water partition coefficient (Wildman–Crippen LogP) is 2.79.